The van der Waals surface area contributed by atoms with Gasteiger partial charge in [-0.05, 0) is 147 Å². The van der Waals surface area contributed by atoms with Crippen molar-refractivity contribution in [2.75, 3.05) is 51.5 Å². The van der Waals surface area contributed by atoms with Crippen LogP contribution in [0.25, 0.3) is 0 Å². The molecule has 4 unspecified atom stereocenters. The van der Waals surface area contributed by atoms with Crippen LogP contribution in [0.4, 0.5) is 0 Å². The first-order chi connectivity index (χ1) is 60.0. The minimum atomic E-state index is -1.15. The Kier molecular flexibility index (Phi) is 96.7. The number of nitrogens with one attached hydrogen (secondary N) is 4. The van der Waals surface area contributed by atoms with Crippen molar-refractivity contribution in [1.82, 2.24) is 21.3 Å². The van der Waals surface area contributed by atoms with Gasteiger partial charge in [-0.25, -0.2) is 0 Å². The molecule has 0 aliphatic carbocycles. The van der Waals surface area contributed by atoms with Crippen LogP contribution < -0.4 is 160 Å². The van der Waals surface area contributed by atoms with Gasteiger partial charge in [-0.3, -0.25) is 19.2 Å². The van der Waals surface area contributed by atoms with Crippen LogP contribution in [0.5, 0.6) is 0 Å². The van der Waals surface area contributed by atoms with Gasteiger partial charge in [0.1, 0.15) is 0 Å². The topological polar surface area (TPSA) is 345 Å². The minimum absolute atomic E-state index is 0. The van der Waals surface area contributed by atoms with E-state index in [1.165, 1.54) is 230 Å². The summed E-state index contributed by atoms with van der Waals surface area (Å²) >= 11 is 16.5. The molecule has 712 valence electrons. The number of rotatable bonds is 72. The summed E-state index contributed by atoms with van der Waals surface area (Å²) in [5, 5.41) is 58.1. The van der Waals surface area contributed by atoms with Crippen molar-refractivity contribution in [3.05, 3.63) is 142 Å². The average molecular weight is 1910 g/mol. The van der Waals surface area contributed by atoms with Crippen molar-refractivity contribution < 1.29 is 201 Å². The van der Waals surface area contributed by atoms with Crippen LogP contribution in [0.2, 0.25) is 0 Å². The second-order valence-electron chi connectivity index (χ2n) is 32.8. The van der Waals surface area contributed by atoms with Crippen LogP contribution in [-0.2, 0) is 83.0 Å². The maximum absolute atomic E-state index is 11.4. The Balaban J connectivity index is -0.000000523. The Hall–Kier alpha value is -2.16. The number of ether oxygens (including phenoxy) is 4. The number of thiol groups is 4. The molecule has 6 N–H and O–H groups in total. The van der Waals surface area contributed by atoms with E-state index >= 15 is 0 Å². The van der Waals surface area contributed by atoms with Crippen molar-refractivity contribution in [2.45, 2.75) is 384 Å². The molecule has 0 aromatic heterocycles. The minimum Gasteiger partial charge on any atom is -0.548 e. The van der Waals surface area contributed by atoms with Crippen LogP contribution in [0.3, 0.4) is 0 Å². The molecule has 0 aliphatic heterocycles. The Labute approximate surface area is 888 Å². The molecule has 129 heavy (non-hydrogen) atoms. The van der Waals surface area contributed by atoms with Crippen LogP contribution >= 0.6 is 50.5 Å². The van der Waals surface area contributed by atoms with Gasteiger partial charge in [0, 0.05) is 72.9 Å². The summed E-state index contributed by atoms with van der Waals surface area (Å²) in [6.45, 7) is 8.96. The standard InChI is InChI=1S/4C25H41NO4S.4Na.H2O/c4*1-3-4-5-6-7-8-9-12-20-15-17-21(18-16-20)22(26-23(19-31)25(28)29)13-10-11-14-24(27)30-2;;;;;/h4*15-18,22-23,26,31H,3-14,19H2,1-2H3,(H,28,29);;;;;1H2/q;;;;4*+1;/p-4/t4*22?,23-;;;;;/m0000...../s1. The molecule has 4 rings (SSSR count). The summed E-state index contributed by atoms with van der Waals surface area (Å²) in [5.74, 6) is -4.82. The van der Waals surface area contributed by atoms with Crippen LogP contribution in [-0.4, -0.2) is 129 Å². The van der Waals surface area contributed by atoms with Crippen molar-refractivity contribution in [3.8, 4) is 0 Å². The maximum Gasteiger partial charge on any atom is 1.00 e. The number of carbonyl (C=O) groups excluding carboxylic acids is 8. The molecule has 4 aromatic carbocycles. The van der Waals surface area contributed by atoms with Crippen molar-refractivity contribution in [3.63, 3.8) is 0 Å². The van der Waals surface area contributed by atoms with E-state index in [1.807, 2.05) is 0 Å². The number of aryl methyl sites for hydroxylation is 4. The molecule has 4 aromatic rings. The molecular weight excluding hydrogens is 1750 g/mol. The first-order valence-electron chi connectivity index (χ1n) is 47.0. The van der Waals surface area contributed by atoms with Gasteiger partial charge in [0.05, 0.1) is 76.5 Å². The third-order valence-electron chi connectivity index (χ3n) is 22.7. The predicted molar refractivity (Wildman–Crippen MR) is 512 cm³/mol. The van der Waals surface area contributed by atoms with Gasteiger partial charge >= 0.3 is 142 Å². The molecular formula is C100H162N4Na4O17S4. The van der Waals surface area contributed by atoms with E-state index < -0.39 is 48.0 Å². The molecule has 0 spiro atoms. The zero-order chi connectivity index (χ0) is 91.6. The van der Waals surface area contributed by atoms with Gasteiger partial charge in [-0.2, -0.15) is 50.5 Å². The number of carboxylic acid groups (broad SMARTS) is 4. The molecule has 8 atom stereocenters. The van der Waals surface area contributed by atoms with Gasteiger partial charge in [-0.15, -0.1) is 0 Å². The number of hydrogen-bond donors (Lipinski definition) is 8. The van der Waals surface area contributed by atoms with E-state index in [0.29, 0.717) is 51.4 Å². The number of hydrogen-bond acceptors (Lipinski definition) is 24. The van der Waals surface area contributed by atoms with E-state index in [4.69, 9.17) is 0 Å². The summed E-state index contributed by atoms with van der Waals surface area (Å²) in [5.41, 5.74) is 9.45. The van der Waals surface area contributed by atoms with Crippen LogP contribution in [0.1, 0.15) is 379 Å². The smallest absolute Gasteiger partial charge is 0.548 e. The maximum atomic E-state index is 11.4. The second kappa shape index (κ2) is 92.2. The average Bonchev–Trinajstić information content (AvgIpc) is 0.877. The third kappa shape index (κ3) is 70.2. The first kappa shape index (κ1) is 135. The van der Waals surface area contributed by atoms with E-state index in [2.05, 4.69) is 215 Å². The monoisotopic (exact) mass is 1910 g/mol. The fraction of sp³-hybridized carbons (Fsp3) is 0.680. The number of carbonyl (C=O) groups is 8. The summed E-state index contributed by atoms with van der Waals surface area (Å²) in [6.07, 6.45) is 51.0. The number of aliphatic carboxylic acids is 4. The number of esters is 4. The Morgan fingerprint density at radius 3 is 0.550 bits per heavy atom. The van der Waals surface area contributed by atoms with E-state index in [1.54, 1.807) is 0 Å². The van der Waals surface area contributed by atoms with Gasteiger partial charge in [-0.1, -0.05) is 305 Å². The van der Waals surface area contributed by atoms with Crippen molar-refractivity contribution in [2.24, 2.45) is 0 Å². The quantitative estimate of drug-likeness (QED) is 0.00971. The number of unbranched alkanes of at least 4 members (excludes halogenated alkanes) is 28. The number of methoxy groups -OCH3 is 4. The summed E-state index contributed by atoms with van der Waals surface area (Å²) in [7, 11) is 5.55. The van der Waals surface area contributed by atoms with Gasteiger partial charge in [0.25, 0.3) is 0 Å². The number of benzene rings is 4. The van der Waals surface area contributed by atoms with Crippen LogP contribution in [0.15, 0.2) is 97.1 Å². The SMILES string of the molecule is CCCCCCCCCc1ccc(C(CCCCC(=O)OC)N[C@@H](CS)C(=O)[O-])cc1.CCCCCCCCCc1ccc(C(CCCCC(=O)OC)N[C@@H](CS)C(=O)[O-])cc1.CCCCCCCCCc1ccc(C(CCCCC(=O)OC)N[C@@H](CS)C(=O)[O-])cc1.CCCCCCCCCc1ccc(C(CCCCC(=O)OC)N[C@@H](CS)C(=O)[O-])cc1.O.[Na+].[Na+].[Na+].[Na+]. The Bertz CT molecular complexity index is 2950. The molecule has 0 radical (unpaired) electrons. The molecule has 0 amide bonds. The fourth-order valence-corrected chi connectivity index (χ4v) is 15.8. The Morgan fingerprint density at radius 1 is 0.256 bits per heavy atom. The Morgan fingerprint density at radius 2 is 0.411 bits per heavy atom. The molecule has 0 heterocycles. The van der Waals surface area contributed by atoms with E-state index in [0.717, 1.165) is 99.3 Å². The fourth-order valence-electron chi connectivity index (χ4n) is 14.8. The molecule has 0 fully saturated rings. The third-order valence-corrected chi connectivity index (χ3v) is 24.1. The molecule has 21 nitrogen and oxygen atoms in total. The summed E-state index contributed by atoms with van der Waals surface area (Å²) in [6, 6.07) is 30.0. The number of carboxylic acids is 4. The molecule has 0 saturated carbocycles. The van der Waals surface area contributed by atoms with Crippen molar-refractivity contribution >= 4 is 98.3 Å². The molecule has 29 heteroatoms. The van der Waals surface area contributed by atoms with Crippen molar-refractivity contribution in [1.29, 1.82) is 0 Å². The first-order valence-corrected chi connectivity index (χ1v) is 49.5. The summed E-state index contributed by atoms with van der Waals surface area (Å²) < 4.78 is 18.7. The normalized spacial score (nSPS) is 12.5. The van der Waals surface area contributed by atoms with E-state index in [9.17, 15) is 58.8 Å². The van der Waals surface area contributed by atoms with E-state index in [-0.39, 0.29) is 195 Å². The molecule has 0 aliphatic rings. The summed E-state index contributed by atoms with van der Waals surface area (Å²) in [4.78, 5) is 90.7. The zero-order valence-electron chi connectivity index (χ0n) is 81.4. The van der Waals surface area contributed by atoms with Crippen LogP contribution in [0, 0.1) is 0 Å². The molecule has 0 bridgehead atoms. The van der Waals surface area contributed by atoms with Gasteiger partial charge in [0.2, 0.25) is 0 Å². The van der Waals surface area contributed by atoms with Gasteiger partial charge < -0.3 is 85.3 Å². The molecule has 0 saturated heterocycles. The second-order valence-corrected chi connectivity index (χ2v) is 34.3. The largest absolute Gasteiger partial charge is 1.00 e. The zero-order valence-corrected chi connectivity index (χ0v) is 93.0. The van der Waals surface area contributed by atoms with Gasteiger partial charge in [0.15, 0.2) is 0 Å². The predicted octanol–water partition coefficient (Wildman–Crippen LogP) is 4.76.